The first-order valence-corrected chi connectivity index (χ1v) is 6.43. The molecule has 1 aromatic carbocycles. The number of ketones is 1. The second-order valence-electron chi connectivity index (χ2n) is 4.01. The minimum Gasteiger partial charge on any atom is -0.435 e. The normalized spacial score (nSPS) is 10.2. The monoisotopic (exact) mass is 326 g/mol. The molecule has 0 aliphatic heterocycles. The Morgan fingerprint density at radius 3 is 2.48 bits per heavy atom. The lowest BCUT2D eigenvalue weighted by molar-refractivity contribution is -0.384. The van der Waals surface area contributed by atoms with E-state index in [1.54, 1.807) is 6.07 Å². The molecule has 0 saturated carbocycles. The van der Waals surface area contributed by atoms with Gasteiger partial charge in [0.05, 0.1) is 20.5 Å². The Bertz CT molecular complexity index is 711. The first-order valence-electron chi connectivity index (χ1n) is 5.67. The highest BCUT2D eigenvalue weighted by molar-refractivity contribution is 6.37. The number of rotatable bonds is 4. The molecule has 0 amide bonds. The molecule has 0 spiro atoms. The van der Waals surface area contributed by atoms with Gasteiger partial charge in [0.25, 0.3) is 5.69 Å². The van der Waals surface area contributed by atoms with Gasteiger partial charge in [0.1, 0.15) is 0 Å². The number of ether oxygens (including phenoxy) is 1. The standard InChI is InChI=1S/C13H8Cl2N2O4/c1-7(18)9-3-2-4-16-13(9)21-12-10(14)5-8(17(19)20)6-11(12)15/h2-6H,1H3. The number of halogens is 2. The predicted molar refractivity (Wildman–Crippen MR) is 77.4 cm³/mol. The number of nitrogens with zero attached hydrogens (tertiary/aromatic N) is 2. The van der Waals surface area contributed by atoms with E-state index in [0.29, 0.717) is 0 Å². The van der Waals surface area contributed by atoms with Gasteiger partial charge in [0.15, 0.2) is 11.5 Å². The van der Waals surface area contributed by atoms with E-state index in [1.807, 2.05) is 0 Å². The van der Waals surface area contributed by atoms with Crippen molar-refractivity contribution in [2.75, 3.05) is 0 Å². The maximum absolute atomic E-state index is 11.5. The summed E-state index contributed by atoms with van der Waals surface area (Å²) in [6.07, 6.45) is 1.44. The van der Waals surface area contributed by atoms with Crippen LogP contribution in [-0.2, 0) is 0 Å². The van der Waals surface area contributed by atoms with Crippen molar-refractivity contribution >= 4 is 34.7 Å². The highest BCUT2D eigenvalue weighted by Gasteiger charge is 2.18. The number of nitro benzene ring substituents is 1. The maximum Gasteiger partial charge on any atom is 0.272 e. The number of Topliss-reactive ketones (excluding diaryl/α,β-unsaturated/α-hetero) is 1. The summed E-state index contributed by atoms with van der Waals surface area (Å²) in [7, 11) is 0. The Hall–Kier alpha value is -2.18. The minimum atomic E-state index is -0.622. The third kappa shape index (κ3) is 3.29. The van der Waals surface area contributed by atoms with E-state index in [9.17, 15) is 14.9 Å². The van der Waals surface area contributed by atoms with Crippen molar-refractivity contribution in [3.63, 3.8) is 0 Å². The lowest BCUT2D eigenvalue weighted by Crippen LogP contribution is -2.00. The van der Waals surface area contributed by atoms with Crippen molar-refractivity contribution in [1.29, 1.82) is 0 Å². The van der Waals surface area contributed by atoms with Crippen LogP contribution in [0.15, 0.2) is 30.5 Å². The number of aromatic nitrogens is 1. The van der Waals surface area contributed by atoms with E-state index < -0.39 is 4.92 Å². The molecule has 0 fully saturated rings. The zero-order valence-electron chi connectivity index (χ0n) is 10.7. The van der Waals surface area contributed by atoms with Crippen molar-refractivity contribution in [1.82, 2.24) is 4.98 Å². The van der Waals surface area contributed by atoms with Crippen molar-refractivity contribution in [2.45, 2.75) is 6.92 Å². The molecule has 0 radical (unpaired) electrons. The number of hydrogen-bond donors (Lipinski definition) is 0. The van der Waals surface area contributed by atoms with Crippen LogP contribution in [0.4, 0.5) is 5.69 Å². The Morgan fingerprint density at radius 1 is 1.33 bits per heavy atom. The van der Waals surface area contributed by atoms with E-state index in [0.717, 1.165) is 12.1 Å². The lowest BCUT2D eigenvalue weighted by atomic mass is 10.2. The van der Waals surface area contributed by atoms with E-state index in [-0.39, 0.29) is 38.7 Å². The van der Waals surface area contributed by atoms with Gasteiger partial charge in [-0.15, -0.1) is 0 Å². The van der Waals surface area contributed by atoms with Crippen molar-refractivity contribution in [3.05, 3.63) is 56.2 Å². The molecule has 0 aliphatic rings. The smallest absolute Gasteiger partial charge is 0.272 e. The lowest BCUT2D eigenvalue weighted by Gasteiger charge is -2.10. The largest absolute Gasteiger partial charge is 0.435 e. The van der Waals surface area contributed by atoms with Crippen LogP contribution in [0.2, 0.25) is 10.0 Å². The van der Waals surface area contributed by atoms with Crippen LogP contribution in [-0.4, -0.2) is 15.7 Å². The molecule has 6 nitrogen and oxygen atoms in total. The molecule has 108 valence electrons. The number of carbonyl (C=O) groups is 1. The van der Waals surface area contributed by atoms with Crippen molar-refractivity contribution in [2.24, 2.45) is 0 Å². The molecular formula is C13H8Cl2N2O4. The molecule has 0 saturated heterocycles. The number of hydrogen-bond acceptors (Lipinski definition) is 5. The van der Waals surface area contributed by atoms with Gasteiger partial charge < -0.3 is 4.74 Å². The van der Waals surface area contributed by atoms with Crippen molar-refractivity contribution in [3.8, 4) is 11.6 Å². The topological polar surface area (TPSA) is 82.3 Å². The van der Waals surface area contributed by atoms with Crippen LogP contribution in [0.5, 0.6) is 11.6 Å². The van der Waals surface area contributed by atoms with Crippen LogP contribution >= 0.6 is 23.2 Å². The number of nitro groups is 1. The molecule has 1 heterocycles. The highest BCUT2D eigenvalue weighted by atomic mass is 35.5. The summed E-state index contributed by atoms with van der Waals surface area (Å²) in [5.41, 5.74) is -0.00634. The molecule has 2 aromatic rings. The van der Waals surface area contributed by atoms with Crippen molar-refractivity contribution < 1.29 is 14.5 Å². The molecule has 0 bridgehead atoms. The van der Waals surface area contributed by atoms with Gasteiger partial charge in [0.2, 0.25) is 5.88 Å². The van der Waals surface area contributed by atoms with Gasteiger partial charge in [-0.3, -0.25) is 14.9 Å². The molecule has 0 unspecified atom stereocenters. The average molecular weight is 327 g/mol. The third-order valence-electron chi connectivity index (χ3n) is 2.54. The van der Waals surface area contributed by atoms with Crippen LogP contribution in [0.25, 0.3) is 0 Å². The first kappa shape index (κ1) is 15.2. The summed E-state index contributed by atoms with van der Waals surface area (Å²) in [6, 6.07) is 5.35. The summed E-state index contributed by atoms with van der Waals surface area (Å²) in [5.74, 6) is -0.208. The predicted octanol–water partition coefficient (Wildman–Crippen LogP) is 4.29. The van der Waals surface area contributed by atoms with Gasteiger partial charge in [-0.1, -0.05) is 23.2 Å². The Kier molecular flexibility index (Phi) is 4.40. The zero-order chi connectivity index (χ0) is 15.6. The van der Waals surface area contributed by atoms with E-state index in [4.69, 9.17) is 27.9 Å². The van der Waals surface area contributed by atoms with Crippen LogP contribution in [0, 0.1) is 10.1 Å². The van der Waals surface area contributed by atoms with Gasteiger partial charge in [-0.25, -0.2) is 4.98 Å². The van der Waals surface area contributed by atoms with E-state index >= 15 is 0 Å². The summed E-state index contributed by atoms with van der Waals surface area (Å²) in [4.78, 5) is 25.5. The molecule has 21 heavy (non-hydrogen) atoms. The summed E-state index contributed by atoms with van der Waals surface area (Å²) >= 11 is 11.9. The summed E-state index contributed by atoms with van der Waals surface area (Å²) in [6.45, 7) is 1.36. The van der Waals surface area contributed by atoms with Crippen LogP contribution < -0.4 is 4.74 Å². The average Bonchev–Trinajstić information content (AvgIpc) is 2.42. The fourth-order valence-electron chi connectivity index (χ4n) is 1.59. The van der Waals surface area contributed by atoms with E-state index in [2.05, 4.69) is 4.98 Å². The molecular weight excluding hydrogens is 319 g/mol. The second-order valence-corrected chi connectivity index (χ2v) is 4.82. The van der Waals surface area contributed by atoms with Gasteiger partial charge in [-0.05, 0) is 19.1 Å². The Labute approximate surface area is 129 Å². The van der Waals surface area contributed by atoms with Crippen LogP contribution in [0.3, 0.4) is 0 Å². The Balaban J connectivity index is 2.46. The van der Waals surface area contributed by atoms with Crippen LogP contribution in [0.1, 0.15) is 17.3 Å². The SMILES string of the molecule is CC(=O)c1cccnc1Oc1c(Cl)cc([N+](=O)[O-])cc1Cl. The highest BCUT2D eigenvalue weighted by Crippen LogP contribution is 2.39. The minimum absolute atomic E-state index is 0.00475. The van der Waals surface area contributed by atoms with Gasteiger partial charge in [-0.2, -0.15) is 0 Å². The summed E-state index contributed by atoms with van der Waals surface area (Å²) in [5, 5.41) is 10.6. The van der Waals surface area contributed by atoms with Gasteiger partial charge >= 0.3 is 0 Å². The fourth-order valence-corrected chi connectivity index (χ4v) is 2.14. The zero-order valence-corrected chi connectivity index (χ0v) is 12.2. The first-order chi connectivity index (χ1) is 9.90. The molecule has 8 heteroatoms. The van der Waals surface area contributed by atoms with E-state index in [1.165, 1.54) is 19.2 Å². The molecule has 0 N–H and O–H groups in total. The number of carbonyl (C=O) groups excluding carboxylic acids is 1. The second kappa shape index (κ2) is 6.07. The molecule has 2 rings (SSSR count). The number of benzene rings is 1. The fraction of sp³-hybridized carbons (Fsp3) is 0.0769. The number of pyridine rings is 1. The number of non-ortho nitro benzene ring substituents is 1. The van der Waals surface area contributed by atoms with Gasteiger partial charge in [0, 0.05) is 18.3 Å². The maximum atomic E-state index is 11.5. The Morgan fingerprint density at radius 2 is 1.95 bits per heavy atom. The molecule has 1 aromatic heterocycles. The quantitative estimate of drug-likeness (QED) is 0.475. The third-order valence-corrected chi connectivity index (χ3v) is 3.10. The molecule has 0 aliphatic carbocycles. The summed E-state index contributed by atoms with van der Waals surface area (Å²) < 4.78 is 5.45. The molecule has 0 atom stereocenters.